The molecule has 1 spiro atoms. The van der Waals surface area contributed by atoms with Gasteiger partial charge in [-0.25, -0.2) is 0 Å². The number of allylic oxidation sites excluding steroid dienone is 1. The van der Waals surface area contributed by atoms with Gasteiger partial charge in [-0.05, 0) is 48.2 Å². The number of hydrogen-bond donors (Lipinski definition) is 2. The summed E-state index contributed by atoms with van der Waals surface area (Å²) in [5, 5.41) is 19.1. The average molecular weight is 747 g/mol. The second-order valence-corrected chi connectivity index (χ2v) is 14.1. The first kappa shape index (κ1) is 36.8. The molecule has 14 heteroatoms. The van der Waals surface area contributed by atoms with E-state index in [2.05, 4.69) is 15.5 Å². The van der Waals surface area contributed by atoms with E-state index >= 15 is 0 Å². The molecule has 1 aliphatic heterocycles. The fourth-order valence-corrected chi connectivity index (χ4v) is 7.38. The third-order valence-corrected chi connectivity index (χ3v) is 10.6. The zero-order valence-electron chi connectivity index (χ0n) is 29.6. The molecule has 0 fully saturated rings. The highest BCUT2D eigenvalue weighted by atomic mass is 35.5. The van der Waals surface area contributed by atoms with Crippen molar-refractivity contribution >= 4 is 46.5 Å². The van der Waals surface area contributed by atoms with Crippen LogP contribution < -0.4 is 24.4 Å². The second kappa shape index (κ2) is 14.9. The second-order valence-electron chi connectivity index (χ2n) is 12.8. The van der Waals surface area contributed by atoms with Crippen LogP contribution in [0.2, 0.25) is 5.02 Å². The third kappa shape index (κ3) is 6.58. The van der Waals surface area contributed by atoms with Gasteiger partial charge in [-0.1, -0.05) is 35.8 Å². The number of hydrogen-bond acceptors (Lipinski definition) is 12. The minimum atomic E-state index is -1.98. The van der Waals surface area contributed by atoms with E-state index in [-0.39, 0.29) is 59.2 Å². The van der Waals surface area contributed by atoms with E-state index in [0.717, 1.165) is 16.1 Å². The van der Waals surface area contributed by atoms with Crippen molar-refractivity contribution in [3.05, 3.63) is 88.0 Å². The Morgan fingerprint density at radius 3 is 2.44 bits per heavy atom. The number of Topliss-reactive ketones (excluding diaryl/α,β-unsaturated/α-hetero) is 2. The summed E-state index contributed by atoms with van der Waals surface area (Å²) in [6.07, 6.45) is 1.86. The normalized spacial score (nSPS) is 18.6. The van der Waals surface area contributed by atoms with Crippen LogP contribution in [0.25, 0.3) is 11.4 Å². The SMILES string of the molecule is COc1cc(OC)c2c(c1Cl)O[C@]1(C2=O)C(O)=C(C(CC(=O)NCCc2nc(-c3ccc(N(C)C)cc3)no2)c2ccc(SC)cc2)C(=O)C[C@H]1C. The number of amides is 1. The highest BCUT2D eigenvalue weighted by molar-refractivity contribution is 7.98. The van der Waals surface area contributed by atoms with E-state index in [1.54, 1.807) is 6.92 Å². The third-order valence-electron chi connectivity index (χ3n) is 9.54. The number of aliphatic hydroxyl groups excluding tert-OH is 1. The molecular formula is C38H39ClN4O8S. The van der Waals surface area contributed by atoms with Crippen LogP contribution in [0.5, 0.6) is 17.2 Å². The first-order valence-electron chi connectivity index (χ1n) is 16.6. The Morgan fingerprint density at radius 1 is 1.12 bits per heavy atom. The van der Waals surface area contributed by atoms with Gasteiger partial charge in [0.2, 0.25) is 29.0 Å². The highest BCUT2D eigenvalue weighted by Crippen LogP contribution is 2.55. The fraction of sp³-hybridized carbons (Fsp3) is 0.342. The van der Waals surface area contributed by atoms with Gasteiger partial charge in [0.1, 0.15) is 22.1 Å². The van der Waals surface area contributed by atoms with Crippen LogP contribution >= 0.6 is 23.4 Å². The van der Waals surface area contributed by atoms with Gasteiger partial charge < -0.3 is 34.1 Å². The number of rotatable bonds is 12. The fourth-order valence-electron chi connectivity index (χ4n) is 6.71. The van der Waals surface area contributed by atoms with Gasteiger partial charge in [0, 0.05) is 79.5 Å². The number of ether oxygens (including phenoxy) is 3. The minimum Gasteiger partial charge on any atom is -0.507 e. The molecule has 4 aromatic rings. The molecule has 12 nitrogen and oxygen atoms in total. The van der Waals surface area contributed by atoms with E-state index in [4.69, 9.17) is 30.3 Å². The molecule has 0 bridgehead atoms. The van der Waals surface area contributed by atoms with Gasteiger partial charge in [-0.2, -0.15) is 4.98 Å². The molecule has 0 saturated carbocycles. The van der Waals surface area contributed by atoms with Crippen molar-refractivity contribution in [1.82, 2.24) is 15.5 Å². The molecular weight excluding hydrogens is 708 g/mol. The van der Waals surface area contributed by atoms with Crippen LogP contribution in [-0.4, -0.2) is 79.4 Å². The molecule has 0 saturated heterocycles. The Kier molecular flexibility index (Phi) is 10.5. The monoisotopic (exact) mass is 746 g/mol. The van der Waals surface area contributed by atoms with Gasteiger partial charge in [0.15, 0.2) is 17.3 Å². The number of halogens is 1. The number of carbonyl (C=O) groups is 3. The maximum absolute atomic E-state index is 14.3. The summed E-state index contributed by atoms with van der Waals surface area (Å²) in [6, 6.07) is 16.6. The van der Waals surface area contributed by atoms with Crippen LogP contribution in [-0.2, 0) is 16.0 Å². The van der Waals surface area contributed by atoms with Gasteiger partial charge >= 0.3 is 0 Å². The van der Waals surface area contributed by atoms with Crippen molar-refractivity contribution < 1.29 is 38.2 Å². The Hall–Kier alpha value is -5.01. The number of carbonyl (C=O) groups excluding carboxylic acids is 3. The molecule has 1 aromatic heterocycles. The van der Waals surface area contributed by atoms with Crippen molar-refractivity contribution in [2.75, 3.05) is 46.0 Å². The van der Waals surface area contributed by atoms with Crippen molar-refractivity contribution in [3.8, 4) is 28.6 Å². The number of aliphatic hydroxyl groups is 1. The molecule has 2 heterocycles. The van der Waals surface area contributed by atoms with Crippen LogP contribution in [0.1, 0.15) is 47.5 Å². The van der Waals surface area contributed by atoms with E-state index in [0.29, 0.717) is 17.3 Å². The van der Waals surface area contributed by atoms with Gasteiger partial charge in [-0.15, -0.1) is 11.8 Å². The number of thioether (sulfide) groups is 1. The first-order chi connectivity index (χ1) is 24.9. The zero-order valence-corrected chi connectivity index (χ0v) is 31.2. The van der Waals surface area contributed by atoms with Gasteiger partial charge in [0.25, 0.3) is 0 Å². The van der Waals surface area contributed by atoms with E-state index in [9.17, 15) is 19.5 Å². The Bertz CT molecular complexity index is 2050. The number of nitrogens with zero attached hydrogens (tertiary/aromatic N) is 3. The summed E-state index contributed by atoms with van der Waals surface area (Å²) >= 11 is 8.15. The quantitative estimate of drug-likeness (QED) is 0.153. The number of aromatic nitrogens is 2. The molecule has 1 aliphatic carbocycles. The van der Waals surface area contributed by atoms with Crippen molar-refractivity contribution in [1.29, 1.82) is 0 Å². The van der Waals surface area contributed by atoms with E-state index < -0.39 is 40.7 Å². The molecule has 272 valence electrons. The number of benzene rings is 3. The van der Waals surface area contributed by atoms with Crippen molar-refractivity contribution in [2.24, 2.45) is 5.92 Å². The lowest BCUT2D eigenvalue weighted by atomic mass is 9.69. The topological polar surface area (TPSA) is 153 Å². The number of nitrogens with one attached hydrogen (secondary N) is 1. The van der Waals surface area contributed by atoms with Crippen molar-refractivity contribution in [2.45, 2.75) is 42.6 Å². The average Bonchev–Trinajstić information content (AvgIpc) is 3.74. The van der Waals surface area contributed by atoms with E-state index in [1.165, 1.54) is 32.0 Å². The summed E-state index contributed by atoms with van der Waals surface area (Å²) in [6.45, 7) is 1.83. The number of anilines is 1. The molecule has 2 aliphatic rings. The van der Waals surface area contributed by atoms with Gasteiger partial charge in [-0.3, -0.25) is 14.4 Å². The zero-order chi connectivity index (χ0) is 37.3. The Labute approximate surface area is 310 Å². The number of ketones is 2. The summed E-state index contributed by atoms with van der Waals surface area (Å²) in [7, 11) is 6.72. The lowest BCUT2D eigenvalue weighted by molar-refractivity contribution is -0.121. The summed E-state index contributed by atoms with van der Waals surface area (Å²) < 4.78 is 22.6. The number of methoxy groups -OCH3 is 2. The summed E-state index contributed by atoms with van der Waals surface area (Å²) in [5.74, 6) is -2.53. The molecule has 6 rings (SSSR count). The lowest BCUT2D eigenvalue weighted by Crippen LogP contribution is -2.53. The molecule has 52 heavy (non-hydrogen) atoms. The maximum Gasteiger partial charge on any atom is 0.231 e. The summed E-state index contributed by atoms with van der Waals surface area (Å²) in [4.78, 5) is 49.2. The molecule has 1 unspecified atom stereocenters. The molecule has 3 atom stereocenters. The van der Waals surface area contributed by atoms with Crippen LogP contribution in [0.15, 0.2) is 75.3 Å². The van der Waals surface area contributed by atoms with Crippen LogP contribution in [0.4, 0.5) is 5.69 Å². The predicted molar refractivity (Wildman–Crippen MR) is 197 cm³/mol. The molecule has 3 aromatic carbocycles. The number of fused-ring (bicyclic) bond motifs is 1. The summed E-state index contributed by atoms with van der Waals surface area (Å²) in [5.41, 5.74) is 0.421. The predicted octanol–water partition coefficient (Wildman–Crippen LogP) is 6.46. The molecule has 2 N–H and O–H groups in total. The minimum absolute atomic E-state index is 0.0108. The highest BCUT2D eigenvalue weighted by Gasteiger charge is 2.61. The van der Waals surface area contributed by atoms with Crippen LogP contribution in [0.3, 0.4) is 0 Å². The van der Waals surface area contributed by atoms with E-state index in [1.807, 2.05) is 73.8 Å². The molecule has 1 amide bonds. The smallest absolute Gasteiger partial charge is 0.231 e. The maximum atomic E-state index is 14.3. The Morgan fingerprint density at radius 2 is 1.81 bits per heavy atom. The lowest BCUT2D eigenvalue weighted by Gasteiger charge is -2.38. The Balaban J connectivity index is 1.28. The molecule has 0 radical (unpaired) electrons. The standard InChI is InChI=1S/C38H39ClN4O8S/c1-20-17-26(44)31(35(46)38(20)36(47)32-27(48-4)19-28(49-5)33(39)34(32)50-38)25(21-9-13-24(52-6)14-10-21)18-29(45)40-16-15-30-41-37(42-51-30)22-7-11-23(12-8-22)43(2)3/h7-14,19-20,25,46H,15-18H2,1-6H3,(H,40,45)/t20-,25?,38+/m1/s1. The van der Waals surface area contributed by atoms with Crippen LogP contribution in [0, 0.1) is 5.92 Å². The largest absolute Gasteiger partial charge is 0.507 e. The van der Waals surface area contributed by atoms with Gasteiger partial charge in [0.05, 0.1) is 14.2 Å². The van der Waals surface area contributed by atoms with Crippen molar-refractivity contribution in [3.63, 3.8) is 0 Å². The first-order valence-corrected chi connectivity index (χ1v) is 18.2.